The van der Waals surface area contributed by atoms with Gasteiger partial charge in [-0.05, 0) is 53.4 Å². The lowest BCUT2D eigenvalue weighted by Gasteiger charge is -2.13. The van der Waals surface area contributed by atoms with Crippen molar-refractivity contribution in [3.05, 3.63) is 90.2 Å². The second-order valence-corrected chi connectivity index (χ2v) is 7.04. The molecule has 0 aliphatic carbocycles. The van der Waals surface area contributed by atoms with Crippen LogP contribution in [0.3, 0.4) is 0 Å². The first-order valence-electron chi connectivity index (χ1n) is 9.67. The second-order valence-electron chi connectivity index (χ2n) is 7.04. The normalized spacial score (nSPS) is 10.6. The molecule has 0 spiro atoms. The molecular formula is C25H22N2O3. The fraction of sp³-hybridized carbons (Fsp3) is 0.120. The number of carbonyl (C=O) groups is 1. The van der Waals surface area contributed by atoms with E-state index in [0.29, 0.717) is 5.69 Å². The maximum absolute atomic E-state index is 12.6. The van der Waals surface area contributed by atoms with E-state index in [4.69, 9.17) is 9.26 Å². The predicted molar refractivity (Wildman–Crippen MR) is 117 cm³/mol. The molecule has 0 aliphatic rings. The van der Waals surface area contributed by atoms with Crippen LogP contribution in [0.5, 0.6) is 5.75 Å². The van der Waals surface area contributed by atoms with Gasteiger partial charge < -0.3 is 14.6 Å². The highest BCUT2D eigenvalue weighted by Gasteiger charge is 2.14. The number of benzene rings is 3. The molecule has 4 rings (SSSR count). The van der Waals surface area contributed by atoms with Crippen molar-refractivity contribution >= 4 is 11.6 Å². The Morgan fingerprint density at radius 2 is 1.83 bits per heavy atom. The standard InChI is InChI=1S/C25H22N2O3/c1-17-6-3-4-9-21(17)22-11-10-19(16-23(22)24-12-13-30-27-24)26-25(28)15-18-7-5-8-20(14-18)29-2/h3-14,16H,15H2,1-2H3,(H,26,28). The molecule has 3 aromatic carbocycles. The third kappa shape index (κ3) is 4.25. The third-order valence-corrected chi connectivity index (χ3v) is 4.95. The average molecular weight is 398 g/mol. The summed E-state index contributed by atoms with van der Waals surface area (Å²) in [4.78, 5) is 12.6. The van der Waals surface area contributed by atoms with E-state index in [2.05, 4.69) is 29.5 Å². The van der Waals surface area contributed by atoms with Gasteiger partial charge in [0.05, 0.1) is 13.5 Å². The lowest BCUT2D eigenvalue weighted by molar-refractivity contribution is -0.115. The second kappa shape index (κ2) is 8.66. The minimum absolute atomic E-state index is 0.0991. The summed E-state index contributed by atoms with van der Waals surface area (Å²) in [6, 6.07) is 23.4. The molecule has 0 saturated carbocycles. The lowest BCUT2D eigenvalue weighted by atomic mass is 9.94. The van der Waals surface area contributed by atoms with Gasteiger partial charge in [0.25, 0.3) is 0 Å². The monoisotopic (exact) mass is 398 g/mol. The molecule has 5 nitrogen and oxygen atoms in total. The molecule has 1 amide bonds. The maximum Gasteiger partial charge on any atom is 0.228 e. The summed E-state index contributed by atoms with van der Waals surface area (Å²) >= 11 is 0. The summed E-state index contributed by atoms with van der Waals surface area (Å²) in [5.74, 6) is 0.634. The van der Waals surface area contributed by atoms with Crippen molar-refractivity contribution in [3.8, 4) is 28.1 Å². The molecule has 0 unspecified atom stereocenters. The Balaban J connectivity index is 1.62. The van der Waals surface area contributed by atoms with Crippen LogP contribution < -0.4 is 10.1 Å². The van der Waals surface area contributed by atoms with Gasteiger partial charge in [-0.3, -0.25) is 4.79 Å². The summed E-state index contributed by atoms with van der Waals surface area (Å²) in [6.45, 7) is 2.08. The van der Waals surface area contributed by atoms with Crippen LogP contribution in [0, 0.1) is 6.92 Å². The van der Waals surface area contributed by atoms with Crippen LogP contribution in [0.1, 0.15) is 11.1 Å². The number of hydrogen-bond donors (Lipinski definition) is 1. The molecule has 1 heterocycles. The van der Waals surface area contributed by atoms with Gasteiger partial charge >= 0.3 is 0 Å². The van der Waals surface area contributed by atoms with E-state index >= 15 is 0 Å². The predicted octanol–water partition coefficient (Wildman–Crippen LogP) is 5.51. The van der Waals surface area contributed by atoms with Crippen LogP contribution in [0.15, 0.2) is 83.6 Å². The number of carbonyl (C=O) groups excluding carboxylic acids is 1. The molecular weight excluding hydrogens is 376 g/mol. The average Bonchev–Trinajstić information content (AvgIpc) is 3.29. The third-order valence-electron chi connectivity index (χ3n) is 4.95. The highest BCUT2D eigenvalue weighted by atomic mass is 16.5. The van der Waals surface area contributed by atoms with E-state index in [1.807, 2.05) is 60.7 Å². The van der Waals surface area contributed by atoms with Crippen molar-refractivity contribution in [1.82, 2.24) is 5.16 Å². The number of nitrogens with one attached hydrogen (secondary N) is 1. The zero-order chi connectivity index (χ0) is 20.9. The van der Waals surface area contributed by atoms with E-state index < -0.39 is 0 Å². The van der Waals surface area contributed by atoms with Crippen molar-refractivity contribution in [2.75, 3.05) is 12.4 Å². The highest BCUT2D eigenvalue weighted by Crippen LogP contribution is 2.35. The Morgan fingerprint density at radius 1 is 0.967 bits per heavy atom. The fourth-order valence-electron chi connectivity index (χ4n) is 3.47. The largest absolute Gasteiger partial charge is 0.497 e. The number of anilines is 1. The first-order valence-corrected chi connectivity index (χ1v) is 9.67. The van der Waals surface area contributed by atoms with Gasteiger partial charge in [0, 0.05) is 17.3 Å². The summed E-state index contributed by atoms with van der Waals surface area (Å²) in [7, 11) is 1.61. The van der Waals surface area contributed by atoms with Crippen LogP contribution in [0.2, 0.25) is 0 Å². The minimum atomic E-state index is -0.0991. The van der Waals surface area contributed by atoms with Gasteiger partial charge in [-0.25, -0.2) is 0 Å². The van der Waals surface area contributed by atoms with Crippen molar-refractivity contribution in [2.24, 2.45) is 0 Å². The molecule has 30 heavy (non-hydrogen) atoms. The molecule has 0 bridgehead atoms. The zero-order valence-corrected chi connectivity index (χ0v) is 16.9. The molecule has 1 N–H and O–H groups in total. The van der Waals surface area contributed by atoms with Gasteiger partial charge in [0.1, 0.15) is 17.7 Å². The Bertz CT molecular complexity index is 1170. The number of rotatable bonds is 6. The first kappa shape index (κ1) is 19.5. The molecule has 4 aromatic rings. The van der Waals surface area contributed by atoms with Crippen LogP contribution in [0.25, 0.3) is 22.4 Å². The van der Waals surface area contributed by atoms with Crippen LogP contribution in [0.4, 0.5) is 5.69 Å². The SMILES string of the molecule is COc1cccc(CC(=O)Nc2ccc(-c3ccccc3C)c(-c3ccon3)c2)c1. The Kier molecular flexibility index (Phi) is 5.61. The molecule has 0 fully saturated rings. The molecule has 0 aliphatic heterocycles. The number of amides is 1. The topological polar surface area (TPSA) is 64.4 Å². The van der Waals surface area contributed by atoms with E-state index in [1.54, 1.807) is 13.4 Å². The summed E-state index contributed by atoms with van der Waals surface area (Å²) in [5.41, 5.74) is 6.53. The van der Waals surface area contributed by atoms with Gasteiger partial charge in [0.2, 0.25) is 5.91 Å². The van der Waals surface area contributed by atoms with Gasteiger partial charge in [-0.1, -0.05) is 47.6 Å². The number of aryl methyl sites for hydroxylation is 1. The lowest BCUT2D eigenvalue weighted by Crippen LogP contribution is -2.14. The fourth-order valence-corrected chi connectivity index (χ4v) is 3.47. The van der Waals surface area contributed by atoms with Crippen molar-refractivity contribution in [2.45, 2.75) is 13.3 Å². The Hall–Kier alpha value is -3.86. The van der Waals surface area contributed by atoms with Crippen LogP contribution >= 0.6 is 0 Å². The molecule has 1 aromatic heterocycles. The molecule has 0 atom stereocenters. The molecule has 5 heteroatoms. The summed E-state index contributed by atoms with van der Waals surface area (Å²) < 4.78 is 10.3. The van der Waals surface area contributed by atoms with E-state index in [1.165, 1.54) is 0 Å². The van der Waals surface area contributed by atoms with E-state index in [9.17, 15) is 4.79 Å². The number of nitrogens with zero attached hydrogens (tertiary/aromatic N) is 1. The van der Waals surface area contributed by atoms with Gasteiger partial charge in [-0.2, -0.15) is 0 Å². The maximum atomic E-state index is 12.6. The number of aromatic nitrogens is 1. The molecule has 0 saturated heterocycles. The zero-order valence-electron chi connectivity index (χ0n) is 16.9. The van der Waals surface area contributed by atoms with Gasteiger partial charge in [0.15, 0.2) is 0 Å². The van der Waals surface area contributed by atoms with Crippen molar-refractivity contribution < 1.29 is 14.1 Å². The van der Waals surface area contributed by atoms with E-state index in [-0.39, 0.29) is 12.3 Å². The number of ether oxygens (including phenoxy) is 1. The van der Waals surface area contributed by atoms with Crippen molar-refractivity contribution in [1.29, 1.82) is 0 Å². The van der Waals surface area contributed by atoms with Gasteiger partial charge in [-0.15, -0.1) is 0 Å². The highest BCUT2D eigenvalue weighted by molar-refractivity contribution is 5.94. The molecule has 150 valence electrons. The quantitative estimate of drug-likeness (QED) is 0.465. The van der Waals surface area contributed by atoms with Crippen LogP contribution in [-0.4, -0.2) is 18.2 Å². The molecule has 0 radical (unpaired) electrons. The van der Waals surface area contributed by atoms with Crippen LogP contribution in [-0.2, 0) is 11.2 Å². The minimum Gasteiger partial charge on any atom is -0.497 e. The smallest absolute Gasteiger partial charge is 0.228 e. The number of hydrogen-bond acceptors (Lipinski definition) is 4. The Labute approximate surface area is 175 Å². The summed E-state index contributed by atoms with van der Waals surface area (Å²) in [5, 5.41) is 7.09. The Morgan fingerprint density at radius 3 is 2.60 bits per heavy atom. The summed E-state index contributed by atoms with van der Waals surface area (Å²) in [6.07, 6.45) is 1.81. The van der Waals surface area contributed by atoms with E-state index in [0.717, 1.165) is 39.3 Å². The number of methoxy groups -OCH3 is 1. The first-order chi connectivity index (χ1) is 14.6. The van der Waals surface area contributed by atoms with Crippen molar-refractivity contribution in [3.63, 3.8) is 0 Å².